The van der Waals surface area contributed by atoms with Crippen molar-refractivity contribution in [2.45, 2.75) is 6.04 Å². The molecule has 2 rings (SSSR count). The SMILES string of the molecule is CN(C)C(CNC(=O)c1ccccn1)c1ccccc1Cl. The molecule has 0 saturated heterocycles. The number of hydrogen-bond acceptors (Lipinski definition) is 3. The lowest BCUT2D eigenvalue weighted by Crippen LogP contribution is -2.35. The molecule has 1 amide bonds. The number of benzene rings is 1. The zero-order valence-electron chi connectivity index (χ0n) is 12.1. The van der Waals surface area contributed by atoms with E-state index in [-0.39, 0.29) is 11.9 Å². The predicted molar refractivity (Wildman–Crippen MR) is 84.5 cm³/mol. The molecule has 1 aromatic carbocycles. The average molecular weight is 304 g/mol. The number of rotatable bonds is 5. The number of halogens is 1. The number of carbonyl (C=O) groups is 1. The Kier molecular flexibility index (Phi) is 5.31. The molecular formula is C16H18ClN3O. The van der Waals surface area contributed by atoms with Gasteiger partial charge in [-0.15, -0.1) is 0 Å². The van der Waals surface area contributed by atoms with Gasteiger partial charge in [-0.25, -0.2) is 0 Å². The highest BCUT2D eigenvalue weighted by molar-refractivity contribution is 6.31. The summed E-state index contributed by atoms with van der Waals surface area (Å²) in [7, 11) is 3.92. The highest BCUT2D eigenvalue weighted by Crippen LogP contribution is 2.25. The van der Waals surface area contributed by atoms with Crippen LogP contribution in [0.2, 0.25) is 5.02 Å². The molecule has 1 unspecified atom stereocenters. The Morgan fingerprint density at radius 2 is 1.95 bits per heavy atom. The van der Waals surface area contributed by atoms with Crippen LogP contribution in [-0.2, 0) is 0 Å². The molecule has 1 aromatic heterocycles. The summed E-state index contributed by atoms with van der Waals surface area (Å²) in [5, 5.41) is 3.60. The molecule has 0 aliphatic carbocycles. The van der Waals surface area contributed by atoms with Gasteiger partial charge in [0.2, 0.25) is 0 Å². The van der Waals surface area contributed by atoms with Crippen LogP contribution < -0.4 is 5.32 Å². The van der Waals surface area contributed by atoms with Gasteiger partial charge in [0, 0.05) is 17.8 Å². The summed E-state index contributed by atoms with van der Waals surface area (Å²) in [5.41, 5.74) is 1.40. The number of hydrogen-bond donors (Lipinski definition) is 1. The van der Waals surface area contributed by atoms with Crippen LogP contribution in [-0.4, -0.2) is 36.4 Å². The first kappa shape index (κ1) is 15.5. The molecule has 0 aliphatic rings. The zero-order valence-corrected chi connectivity index (χ0v) is 12.8. The first-order valence-electron chi connectivity index (χ1n) is 6.69. The van der Waals surface area contributed by atoms with E-state index in [4.69, 9.17) is 11.6 Å². The number of amides is 1. The normalized spacial score (nSPS) is 12.2. The average Bonchev–Trinajstić information content (AvgIpc) is 2.49. The van der Waals surface area contributed by atoms with Gasteiger partial charge < -0.3 is 10.2 Å². The third-order valence-electron chi connectivity index (χ3n) is 3.24. The van der Waals surface area contributed by atoms with Gasteiger partial charge in [0.25, 0.3) is 5.91 Å². The lowest BCUT2D eigenvalue weighted by Gasteiger charge is -2.25. The molecule has 0 spiro atoms. The van der Waals surface area contributed by atoms with Crippen molar-refractivity contribution in [3.05, 3.63) is 64.9 Å². The molecule has 4 nitrogen and oxygen atoms in total. The van der Waals surface area contributed by atoms with E-state index >= 15 is 0 Å². The minimum Gasteiger partial charge on any atom is -0.349 e. The van der Waals surface area contributed by atoms with E-state index in [2.05, 4.69) is 10.3 Å². The molecule has 1 atom stereocenters. The number of nitrogens with zero attached hydrogens (tertiary/aromatic N) is 2. The van der Waals surface area contributed by atoms with Crippen LogP contribution in [0, 0.1) is 0 Å². The highest BCUT2D eigenvalue weighted by Gasteiger charge is 2.18. The van der Waals surface area contributed by atoms with Crippen molar-refractivity contribution in [3.8, 4) is 0 Å². The number of likely N-dealkylation sites (N-methyl/N-ethyl adjacent to an activating group) is 1. The lowest BCUT2D eigenvalue weighted by molar-refractivity contribution is 0.0937. The van der Waals surface area contributed by atoms with Crippen molar-refractivity contribution in [2.75, 3.05) is 20.6 Å². The second kappa shape index (κ2) is 7.20. The van der Waals surface area contributed by atoms with Crippen molar-refractivity contribution in [2.24, 2.45) is 0 Å². The molecule has 0 bridgehead atoms. The van der Waals surface area contributed by atoms with Gasteiger partial charge in [-0.3, -0.25) is 9.78 Å². The number of carbonyl (C=O) groups excluding carboxylic acids is 1. The highest BCUT2D eigenvalue weighted by atomic mass is 35.5. The van der Waals surface area contributed by atoms with Crippen LogP contribution in [0.3, 0.4) is 0 Å². The smallest absolute Gasteiger partial charge is 0.269 e. The second-order valence-corrected chi connectivity index (χ2v) is 5.33. The van der Waals surface area contributed by atoms with Crippen LogP contribution >= 0.6 is 11.6 Å². The van der Waals surface area contributed by atoms with Gasteiger partial charge in [-0.1, -0.05) is 35.9 Å². The van der Waals surface area contributed by atoms with E-state index in [1.807, 2.05) is 43.3 Å². The van der Waals surface area contributed by atoms with Crippen LogP contribution in [0.4, 0.5) is 0 Å². The molecule has 110 valence electrons. The molecule has 0 aliphatic heterocycles. The van der Waals surface area contributed by atoms with Gasteiger partial charge in [0.15, 0.2) is 0 Å². The largest absolute Gasteiger partial charge is 0.349 e. The monoisotopic (exact) mass is 303 g/mol. The third kappa shape index (κ3) is 4.03. The molecular weight excluding hydrogens is 286 g/mol. The number of nitrogens with one attached hydrogen (secondary N) is 1. The van der Waals surface area contributed by atoms with Gasteiger partial charge in [-0.2, -0.15) is 0 Å². The molecule has 1 heterocycles. The third-order valence-corrected chi connectivity index (χ3v) is 3.59. The standard InChI is InChI=1S/C16H18ClN3O/c1-20(2)15(12-7-3-4-8-13(12)17)11-19-16(21)14-9-5-6-10-18-14/h3-10,15H,11H2,1-2H3,(H,19,21). The first-order chi connectivity index (χ1) is 10.1. The summed E-state index contributed by atoms with van der Waals surface area (Å²) in [5.74, 6) is -0.186. The summed E-state index contributed by atoms with van der Waals surface area (Å²) in [6.45, 7) is 0.464. The minimum atomic E-state index is -0.186. The molecule has 0 fully saturated rings. The van der Waals surface area contributed by atoms with Gasteiger partial charge >= 0.3 is 0 Å². The van der Waals surface area contributed by atoms with Crippen LogP contribution in [0.15, 0.2) is 48.7 Å². The van der Waals surface area contributed by atoms with E-state index in [9.17, 15) is 4.79 Å². The summed E-state index contributed by atoms with van der Waals surface area (Å²) in [6, 6.07) is 12.9. The Bertz CT molecular complexity index is 601. The minimum absolute atomic E-state index is 0.00589. The van der Waals surface area contributed by atoms with E-state index in [0.717, 1.165) is 5.56 Å². The van der Waals surface area contributed by atoms with Gasteiger partial charge in [0.1, 0.15) is 5.69 Å². The molecule has 0 saturated carbocycles. The zero-order chi connectivity index (χ0) is 15.2. The van der Waals surface area contributed by atoms with Gasteiger partial charge in [0.05, 0.1) is 6.04 Å². The molecule has 21 heavy (non-hydrogen) atoms. The van der Waals surface area contributed by atoms with Crippen molar-refractivity contribution < 1.29 is 4.79 Å². The summed E-state index contributed by atoms with van der Waals surface area (Å²) >= 11 is 6.24. The fourth-order valence-corrected chi connectivity index (χ4v) is 2.35. The first-order valence-corrected chi connectivity index (χ1v) is 7.07. The maximum Gasteiger partial charge on any atom is 0.269 e. The fourth-order valence-electron chi connectivity index (χ4n) is 2.09. The molecule has 2 aromatic rings. The van der Waals surface area contributed by atoms with Crippen molar-refractivity contribution in [1.29, 1.82) is 0 Å². The van der Waals surface area contributed by atoms with E-state index in [0.29, 0.717) is 17.3 Å². The number of pyridine rings is 1. The Morgan fingerprint density at radius 1 is 1.24 bits per heavy atom. The molecule has 1 N–H and O–H groups in total. The predicted octanol–water partition coefficient (Wildman–Crippen LogP) is 2.77. The summed E-state index contributed by atoms with van der Waals surface area (Å²) in [6.07, 6.45) is 1.60. The van der Waals surface area contributed by atoms with Gasteiger partial charge in [-0.05, 0) is 37.9 Å². The van der Waals surface area contributed by atoms with Crippen LogP contribution in [0.25, 0.3) is 0 Å². The Labute approximate surface area is 129 Å². The quantitative estimate of drug-likeness (QED) is 0.924. The fraction of sp³-hybridized carbons (Fsp3) is 0.250. The molecule has 5 heteroatoms. The van der Waals surface area contributed by atoms with Crippen molar-refractivity contribution >= 4 is 17.5 Å². The number of aromatic nitrogens is 1. The maximum atomic E-state index is 12.1. The van der Waals surface area contributed by atoms with Crippen molar-refractivity contribution in [1.82, 2.24) is 15.2 Å². The topological polar surface area (TPSA) is 45.2 Å². The Morgan fingerprint density at radius 3 is 2.57 bits per heavy atom. The Hall–Kier alpha value is -1.91. The van der Waals surface area contributed by atoms with Crippen molar-refractivity contribution in [3.63, 3.8) is 0 Å². The summed E-state index contributed by atoms with van der Waals surface area (Å²) in [4.78, 5) is 18.1. The summed E-state index contributed by atoms with van der Waals surface area (Å²) < 4.78 is 0. The maximum absolute atomic E-state index is 12.1. The van der Waals surface area contributed by atoms with Crippen LogP contribution in [0.1, 0.15) is 22.1 Å². The lowest BCUT2D eigenvalue weighted by atomic mass is 10.1. The van der Waals surface area contributed by atoms with E-state index < -0.39 is 0 Å². The van der Waals surface area contributed by atoms with Crippen LogP contribution in [0.5, 0.6) is 0 Å². The Balaban J connectivity index is 2.08. The van der Waals surface area contributed by atoms with E-state index in [1.165, 1.54) is 0 Å². The molecule has 0 radical (unpaired) electrons. The van der Waals surface area contributed by atoms with E-state index in [1.54, 1.807) is 24.4 Å². The second-order valence-electron chi connectivity index (χ2n) is 4.93.